The van der Waals surface area contributed by atoms with E-state index in [0.717, 1.165) is 18.5 Å². The molecule has 0 saturated heterocycles. The van der Waals surface area contributed by atoms with E-state index in [2.05, 4.69) is 12.2 Å². The standard InChI is InChI=1S/C17H24ClNO2/c1-3-21-17(20)16(13-8-6-7-12(2)11-13)19-15-10-5-4-9-14(15)18/h4-5,9-10,12-13,16,19H,3,6-8,11H2,1-2H3. The van der Waals surface area contributed by atoms with Crippen molar-refractivity contribution in [1.29, 1.82) is 0 Å². The molecule has 0 amide bonds. The molecule has 1 aromatic rings. The number of benzene rings is 1. The summed E-state index contributed by atoms with van der Waals surface area (Å²) in [5.41, 5.74) is 0.801. The summed E-state index contributed by atoms with van der Waals surface area (Å²) in [4.78, 5) is 12.3. The summed E-state index contributed by atoms with van der Waals surface area (Å²) in [5.74, 6) is 0.800. The van der Waals surface area contributed by atoms with E-state index in [1.807, 2.05) is 31.2 Å². The first-order valence-electron chi connectivity index (χ1n) is 7.79. The van der Waals surface area contributed by atoms with Gasteiger partial charge in [-0.2, -0.15) is 0 Å². The van der Waals surface area contributed by atoms with Crippen LogP contribution < -0.4 is 5.32 Å². The highest BCUT2D eigenvalue weighted by atomic mass is 35.5. The number of carbonyl (C=O) groups is 1. The van der Waals surface area contributed by atoms with E-state index >= 15 is 0 Å². The molecule has 0 radical (unpaired) electrons. The van der Waals surface area contributed by atoms with Gasteiger partial charge >= 0.3 is 5.97 Å². The molecule has 1 N–H and O–H groups in total. The van der Waals surface area contributed by atoms with Crippen LogP contribution in [0.4, 0.5) is 5.69 Å². The Labute approximate surface area is 132 Å². The van der Waals surface area contributed by atoms with E-state index in [1.165, 1.54) is 12.8 Å². The highest BCUT2D eigenvalue weighted by Gasteiger charge is 2.33. The van der Waals surface area contributed by atoms with Crippen molar-refractivity contribution in [3.8, 4) is 0 Å². The molecule has 1 aliphatic rings. The van der Waals surface area contributed by atoms with Crippen LogP contribution >= 0.6 is 11.6 Å². The molecule has 0 bridgehead atoms. The third-order valence-corrected chi connectivity index (χ3v) is 4.50. The Morgan fingerprint density at radius 3 is 2.86 bits per heavy atom. The maximum absolute atomic E-state index is 12.3. The number of hydrogen-bond acceptors (Lipinski definition) is 3. The number of halogens is 1. The Hall–Kier alpha value is -1.22. The van der Waals surface area contributed by atoms with Crippen molar-refractivity contribution in [3.63, 3.8) is 0 Å². The van der Waals surface area contributed by atoms with Crippen molar-refractivity contribution in [2.45, 2.75) is 45.6 Å². The summed E-state index contributed by atoms with van der Waals surface area (Å²) in [7, 11) is 0. The van der Waals surface area contributed by atoms with Gasteiger partial charge in [0.15, 0.2) is 0 Å². The maximum atomic E-state index is 12.3. The minimum atomic E-state index is -0.312. The lowest BCUT2D eigenvalue weighted by atomic mass is 9.78. The van der Waals surface area contributed by atoms with E-state index in [0.29, 0.717) is 23.5 Å². The third kappa shape index (κ3) is 4.37. The third-order valence-electron chi connectivity index (χ3n) is 4.17. The molecule has 2 rings (SSSR count). The lowest BCUT2D eigenvalue weighted by Crippen LogP contribution is -2.40. The molecule has 3 atom stereocenters. The van der Waals surface area contributed by atoms with Gasteiger partial charge in [-0.15, -0.1) is 0 Å². The Morgan fingerprint density at radius 2 is 2.19 bits per heavy atom. The first-order valence-corrected chi connectivity index (χ1v) is 8.17. The second-order valence-corrected chi connectivity index (χ2v) is 6.29. The van der Waals surface area contributed by atoms with E-state index < -0.39 is 0 Å². The average molecular weight is 310 g/mol. The van der Waals surface area contributed by atoms with Gasteiger partial charge in [0.2, 0.25) is 0 Å². The van der Waals surface area contributed by atoms with Gasteiger partial charge < -0.3 is 10.1 Å². The Balaban J connectivity index is 2.15. The molecular formula is C17H24ClNO2. The zero-order valence-corrected chi connectivity index (χ0v) is 13.5. The van der Waals surface area contributed by atoms with Crippen LogP contribution in [0, 0.1) is 11.8 Å². The minimum Gasteiger partial charge on any atom is -0.464 e. The van der Waals surface area contributed by atoms with Gasteiger partial charge in [0, 0.05) is 0 Å². The molecule has 21 heavy (non-hydrogen) atoms. The van der Waals surface area contributed by atoms with Crippen LogP contribution in [0.25, 0.3) is 0 Å². The first-order chi connectivity index (χ1) is 10.1. The zero-order valence-electron chi connectivity index (χ0n) is 12.8. The van der Waals surface area contributed by atoms with Crippen LogP contribution in [0.3, 0.4) is 0 Å². The molecule has 1 saturated carbocycles. The molecule has 4 heteroatoms. The monoisotopic (exact) mass is 309 g/mol. The molecule has 3 unspecified atom stereocenters. The quantitative estimate of drug-likeness (QED) is 0.813. The molecule has 1 fully saturated rings. The molecular weight excluding hydrogens is 286 g/mol. The summed E-state index contributed by atoms with van der Waals surface area (Å²) in [5, 5.41) is 3.95. The lowest BCUT2D eigenvalue weighted by Gasteiger charge is -2.33. The number of anilines is 1. The number of carbonyl (C=O) groups excluding carboxylic acids is 1. The van der Waals surface area contributed by atoms with Gasteiger partial charge in [-0.25, -0.2) is 4.79 Å². The molecule has 1 aromatic carbocycles. The van der Waals surface area contributed by atoms with E-state index in [9.17, 15) is 4.79 Å². The van der Waals surface area contributed by atoms with Crippen molar-refractivity contribution >= 4 is 23.3 Å². The van der Waals surface area contributed by atoms with Gasteiger partial charge in [0.05, 0.1) is 17.3 Å². The number of hydrogen-bond donors (Lipinski definition) is 1. The maximum Gasteiger partial charge on any atom is 0.328 e. The van der Waals surface area contributed by atoms with Crippen molar-refractivity contribution < 1.29 is 9.53 Å². The molecule has 1 aliphatic carbocycles. The molecule has 0 spiro atoms. The van der Waals surface area contributed by atoms with Crippen LogP contribution in [-0.2, 0) is 9.53 Å². The highest BCUT2D eigenvalue weighted by molar-refractivity contribution is 6.33. The molecule has 116 valence electrons. The smallest absolute Gasteiger partial charge is 0.328 e. The van der Waals surface area contributed by atoms with Gasteiger partial charge in [-0.1, -0.05) is 43.5 Å². The molecule has 3 nitrogen and oxygen atoms in total. The van der Waals surface area contributed by atoms with Crippen LogP contribution in [-0.4, -0.2) is 18.6 Å². The number of ether oxygens (including phenoxy) is 1. The number of para-hydroxylation sites is 1. The Kier molecular flexibility index (Phi) is 5.92. The average Bonchev–Trinajstić information content (AvgIpc) is 2.46. The predicted molar refractivity (Wildman–Crippen MR) is 86.6 cm³/mol. The Bertz CT molecular complexity index is 478. The summed E-state index contributed by atoms with van der Waals surface area (Å²) in [6.07, 6.45) is 4.54. The molecule has 0 aromatic heterocycles. The van der Waals surface area contributed by atoms with Crippen molar-refractivity contribution in [3.05, 3.63) is 29.3 Å². The zero-order chi connectivity index (χ0) is 15.2. The van der Waals surface area contributed by atoms with Gasteiger partial charge in [0.25, 0.3) is 0 Å². The van der Waals surface area contributed by atoms with Gasteiger partial charge in [-0.3, -0.25) is 0 Å². The summed E-state index contributed by atoms with van der Waals surface area (Å²) in [6.45, 7) is 4.50. The second-order valence-electron chi connectivity index (χ2n) is 5.89. The first kappa shape index (κ1) is 16.2. The van der Waals surface area contributed by atoms with Crippen LogP contribution in [0.15, 0.2) is 24.3 Å². The highest BCUT2D eigenvalue weighted by Crippen LogP contribution is 2.33. The fraction of sp³-hybridized carbons (Fsp3) is 0.588. The van der Waals surface area contributed by atoms with E-state index in [-0.39, 0.29) is 12.0 Å². The topological polar surface area (TPSA) is 38.3 Å². The number of esters is 1. The SMILES string of the molecule is CCOC(=O)C(Nc1ccccc1Cl)C1CCCC(C)C1. The van der Waals surface area contributed by atoms with Crippen LogP contribution in [0.5, 0.6) is 0 Å². The summed E-state index contributed by atoms with van der Waals surface area (Å²) >= 11 is 6.20. The number of rotatable bonds is 5. The van der Waals surface area contributed by atoms with Crippen molar-refractivity contribution in [2.24, 2.45) is 11.8 Å². The fourth-order valence-corrected chi connectivity index (χ4v) is 3.32. The fourth-order valence-electron chi connectivity index (χ4n) is 3.13. The van der Waals surface area contributed by atoms with E-state index in [4.69, 9.17) is 16.3 Å². The number of nitrogens with one attached hydrogen (secondary N) is 1. The van der Waals surface area contributed by atoms with Gasteiger partial charge in [0.1, 0.15) is 6.04 Å². The van der Waals surface area contributed by atoms with Crippen LogP contribution in [0.2, 0.25) is 5.02 Å². The normalized spacial score (nSPS) is 23.4. The Morgan fingerprint density at radius 1 is 1.43 bits per heavy atom. The summed E-state index contributed by atoms with van der Waals surface area (Å²) in [6, 6.07) is 7.22. The summed E-state index contributed by atoms with van der Waals surface area (Å²) < 4.78 is 5.26. The lowest BCUT2D eigenvalue weighted by molar-refractivity contribution is -0.145. The largest absolute Gasteiger partial charge is 0.464 e. The minimum absolute atomic E-state index is 0.170. The second kappa shape index (κ2) is 7.69. The molecule has 0 heterocycles. The molecule has 0 aliphatic heterocycles. The van der Waals surface area contributed by atoms with Gasteiger partial charge in [-0.05, 0) is 43.7 Å². The van der Waals surface area contributed by atoms with Crippen molar-refractivity contribution in [1.82, 2.24) is 0 Å². The van der Waals surface area contributed by atoms with Crippen molar-refractivity contribution in [2.75, 3.05) is 11.9 Å². The van der Waals surface area contributed by atoms with E-state index in [1.54, 1.807) is 0 Å². The predicted octanol–water partition coefficient (Wildman–Crippen LogP) is 4.51. The van der Waals surface area contributed by atoms with Crippen LogP contribution in [0.1, 0.15) is 39.5 Å².